The average Bonchev–Trinajstić information content (AvgIpc) is 2.40. The number of rotatable bonds is 8. The van der Waals surface area contributed by atoms with E-state index in [2.05, 4.69) is 12.2 Å². The van der Waals surface area contributed by atoms with Crippen LogP contribution in [0.15, 0.2) is 24.3 Å². The number of carboxylic acids is 1. The van der Waals surface area contributed by atoms with Gasteiger partial charge in [0.15, 0.2) is 0 Å². The first-order valence-corrected chi connectivity index (χ1v) is 7.76. The van der Waals surface area contributed by atoms with Crippen LogP contribution in [0, 0.1) is 5.92 Å². The van der Waals surface area contributed by atoms with Gasteiger partial charge in [0.2, 0.25) is 0 Å². The van der Waals surface area contributed by atoms with Gasteiger partial charge in [-0.3, -0.25) is 0 Å². The highest BCUT2D eigenvalue weighted by Gasteiger charge is 2.26. The van der Waals surface area contributed by atoms with Crippen molar-refractivity contribution in [2.75, 3.05) is 0 Å². The predicted molar refractivity (Wildman–Crippen MR) is 80.9 cm³/mol. The van der Waals surface area contributed by atoms with E-state index in [1.165, 1.54) is 38.5 Å². The number of unbranched alkanes of at least 4 members (excludes halogenated alkanes) is 1. The topological polar surface area (TPSA) is 49.3 Å². The van der Waals surface area contributed by atoms with Gasteiger partial charge in [-0.25, -0.2) is 4.79 Å². The van der Waals surface area contributed by atoms with E-state index in [-0.39, 0.29) is 0 Å². The van der Waals surface area contributed by atoms with Crippen LogP contribution in [0.4, 0.5) is 0 Å². The summed E-state index contributed by atoms with van der Waals surface area (Å²) < 4.78 is 0. The minimum Gasteiger partial charge on any atom is -0.478 e. The van der Waals surface area contributed by atoms with Crippen LogP contribution in [-0.2, 0) is 6.54 Å². The Labute approximate surface area is 121 Å². The lowest BCUT2D eigenvalue weighted by Crippen LogP contribution is -2.39. The number of aromatic carboxylic acids is 1. The molecule has 0 aromatic heterocycles. The Balaban J connectivity index is 1.90. The standard InChI is InChI=1S/C17H25NO2/c1-2-3-10-16(14-7-5-8-14)18-12-13-6-4-9-15(11-13)17(19)20/h4,6,9,11,14,16,18H,2-3,5,7-8,10,12H2,1H3,(H,19,20). The van der Waals surface area contributed by atoms with E-state index in [1.807, 2.05) is 12.1 Å². The summed E-state index contributed by atoms with van der Waals surface area (Å²) in [6.07, 6.45) is 7.79. The number of nitrogens with one attached hydrogen (secondary N) is 1. The maximum Gasteiger partial charge on any atom is 0.335 e. The molecule has 2 N–H and O–H groups in total. The molecule has 3 heteroatoms. The largest absolute Gasteiger partial charge is 0.478 e. The lowest BCUT2D eigenvalue weighted by atomic mass is 9.78. The maximum atomic E-state index is 11.0. The van der Waals surface area contributed by atoms with Crippen LogP contribution in [0.3, 0.4) is 0 Å². The fourth-order valence-electron chi connectivity index (χ4n) is 2.83. The highest BCUT2D eigenvalue weighted by molar-refractivity contribution is 5.87. The molecular formula is C17H25NO2. The Morgan fingerprint density at radius 1 is 1.45 bits per heavy atom. The third-order valence-corrected chi connectivity index (χ3v) is 4.33. The van der Waals surface area contributed by atoms with Gasteiger partial charge in [0.05, 0.1) is 5.56 Å². The van der Waals surface area contributed by atoms with Crippen molar-refractivity contribution in [3.8, 4) is 0 Å². The third kappa shape index (κ3) is 4.07. The van der Waals surface area contributed by atoms with Crippen LogP contribution in [0.2, 0.25) is 0 Å². The van der Waals surface area contributed by atoms with Crippen molar-refractivity contribution in [3.05, 3.63) is 35.4 Å². The van der Waals surface area contributed by atoms with E-state index in [4.69, 9.17) is 5.11 Å². The molecule has 110 valence electrons. The molecule has 1 unspecified atom stereocenters. The molecule has 1 aliphatic carbocycles. The molecule has 3 nitrogen and oxygen atoms in total. The zero-order valence-corrected chi connectivity index (χ0v) is 12.3. The molecule has 1 atom stereocenters. The van der Waals surface area contributed by atoms with Crippen molar-refractivity contribution < 1.29 is 9.90 Å². The van der Waals surface area contributed by atoms with Gasteiger partial charge in [0, 0.05) is 12.6 Å². The quantitative estimate of drug-likeness (QED) is 0.758. The third-order valence-electron chi connectivity index (χ3n) is 4.33. The normalized spacial score (nSPS) is 16.6. The molecular weight excluding hydrogens is 250 g/mol. The van der Waals surface area contributed by atoms with E-state index >= 15 is 0 Å². The first-order valence-electron chi connectivity index (χ1n) is 7.76. The van der Waals surface area contributed by atoms with Gasteiger partial charge >= 0.3 is 5.97 Å². The second-order valence-corrected chi connectivity index (χ2v) is 5.83. The molecule has 1 aromatic carbocycles. The van der Waals surface area contributed by atoms with Gasteiger partial charge in [-0.1, -0.05) is 38.3 Å². The summed E-state index contributed by atoms with van der Waals surface area (Å²) >= 11 is 0. The van der Waals surface area contributed by atoms with Crippen LogP contribution in [0.25, 0.3) is 0 Å². The molecule has 1 aromatic rings. The van der Waals surface area contributed by atoms with Crippen LogP contribution in [-0.4, -0.2) is 17.1 Å². The van der Waals surface area contributed by atoms with Crippen molar-refractivity contribution in [2.24, 2.45) is 5.92 Å². The second-order valence-electron chi connectivity index (χ2n) is 5.83. The Morgan fingerprint density at radius 3 is 2.85 bits per heavy atom. The predicted octanol–water partition coefficient (Wildman–Crippen LogP) is 3.83. The Kier molecular flexibility index (Phi) is 5.60. The molecule has 0 spiro atoms. The van der Waals surface area contributed by atoms with Gasteiger partial charge in [-0.05, 0) is 42.9 Å². The van der Waals surface area contributed by atoms with Crippen molar-refractivity contribution in [3.63, 3.8) is 0 Å². The van der Waals surface area contributed by atoms with Crippen LogP contribution < -0.4 is 5.32 Å². The van der Waals surface area contributed by atoms with Gasteiger partial charge in [0.1, 0.15) is 0 Å². The van der Waals surface area contributed by atoms with Crippen molar-refractivity contribution >= 4 is 5.97 Å². The van der Waals surface area contributed by atoms with Crippen molar-refractivity contribution in [1.29, 1.82) is 0 Å². The van der Waals surface area contributed by atoms with Crippen molar-refractivity contribution in [1.82, 2.24) is 5.32 Å². The minimum absolute atomic E-state index is 0.373. The summed E-state index contributed by atoms with van der Waals surface area (Å²) in [4.78, 5) is 11.0. The molecule has 20 heavy (non-hydrogen) atoms. The number of hydrogen-bond donors (Lipinski definition) is 2. The summed E-state index contributed by atoms with van der Waals surface area (Å²) in [6.45, 7) is 3.00. The van der Waals surface area contributed by atoms with Gasteiger partial charge < -0.3 is 10.4 Å². The molecule has 2 rings (SSSR count). The molecule has 0 radical (unpaired) electrons. The fraction of sp³-hybridized carbons (Fsp3) is 0.588. The molecule has 0 amide bonds. The zero-order chi connectivity index (χ0) is 14.4. The van der Waals surface area contributed by atoms with Crippen LogP contribution in [0.1, 0.15) is 61.4 Å². The lowest BCUT2D eigenvalue weighted by molar-refractivity contribution is 0.0696. The van der Waals surface area contributed by atoms with E-state index in [9.17, 15) is 4.79 Å². The lowest BCUT2D eigenvalue weighted by Gasteiger charge is -2.34. The van der Waals surface area contributed by atoms with Crippen molar-refractivity contribution in [2.45, 2.75) is 58.0 Å². The maximum absolute atomic E-state index is 11.0. The van der Waals surface area contributed by atoms with E-state index in [0.717, 1.165) is 18.0 Å². The van der Waals surface area contributed by atoms with Crippen LogP contribution >= 0.6 is 0 Å². The van der Waals surface area contributed by atoms with E-state index < -0.39 is 5.97 Å². The van der Waals surface area contributed by atoms with Gasteiger partial charge in [-0.15, -0.1) is 0 Å². The average molecular weight is 275 g/mol. The fourth-order valence-corrected chi connectivity index (χ4v) is 2.83. The number of hydrogen-bond acceptors (Lipinski definition) is 2. The van der Waals surface area contributed by atoms with Crippen LogP contribution in [0.5, 0.6) is 0 Å². The summed E-state index contributed by atoms with van der Waals surface area (Å²) in [5, 5.41) is 12.7. The first kappa shape index (κ1) is 15.0. The monoisotopic (exact) mass is 275 g/mol. The smallest absolute Gasteiger partial charge is 0.335 e. The molecule has 0 aliphatic heterocycles. The number of benzene rings is 1. The number of carboxylic acid groups (broad SMARTS) is 1. The summed E-state index contributed by atoms with van der Waals surface area (Å²) in [7, 11) is 0. The van der Waals surface area contributed by atoms with Gasteiger partial charge in [-0.2, -0.15) is 0 Å². The Hall–Kier alpha value is -1.35. The van der Waals surface area contributed by atoms with E-state index in [0.29, 0.717) is 11.6 Å². The first-order chi connectivity index (χ1) is 9.70. The SMILES string of the molecule is CCCCC(NCc1cccc(C(=O)O)c1)C1CCC1. The Bertz CT molecular complexity index is 440. The summed E-state index contributed by atoms with van der Waals surface area (Å²) in [5.41, 5.74) is 1.43. The zero-order valence-electron chi connectivity index (χ0n) is 12.3. The molecule has 1 fully saturated rings. The molecule has 0 heterocycles. The molecule has 0 saturated heterocycles. The highest BCUT2D eigenvalue weighted by Crippen LogP contribution is 2.31. The molecule has 1 saturated carbocycles. The Morgan fingerprint density at radius 2 is 2.25 bits per heavy atom. The second kappa shape index (κ2) is 7.44. The minimum atomic E-state index is -0.853. The number of carbonyl (C=O) groups is 1. The molecule has 0 bridgehead atoms. The van der Waals surface area contributed by atoms with E-state index in [1.54, 1.807) is 12.1 Å². The van der Waals surface area contributed by atoms with Gasteiger partial charge in [0.25, 0.3) is 0 Å². The summed E-state index contributed by atoms with van der Waals surface area (Å²) in [5.74, 6) is -0.0300. The summed E-state index contributed by atoms with van der Waals surface area (Å²) in [6, 6.07) is 7.83. The molecule has 1 aliphatic rings. The highest BCUT2D eigenvalue weighted by atomic mass is 16.4.